The highest BCUT2D eigenvalue weighted by Gasteiger charge is 2.07. The highest BCUT2D eigenvalue weighted by atomic mass is 19.1. The fourth-order valence-electron chi connectivity index (χ4n) is 2.04. The molecule has 18 heavy (non-hydrogen) atoms. The molecule has 1 nitrogen and oxygen atoms in total. The molecule has 1 N–H and O–H groups in total. The highest BCUT2D eigenvalue weighted by Crippen LogP contribution is 2.26. The molecule has 0 saturated heterocycles. The van der Waals surface area contributed by atoms with Gasteiger partial charge in [0.1, 0.15) is 5.82 Å². The molecular formula is C16H18FN. The second-order valence-electron chi connectivity index (χ2n) is 4.54. The van der Waals surface area contributed by atoms with Crippen LogP contribution in [-0.2, 0) is 0 Å². The number of halogens is 1. The van der Waals surface area contributed by atoms with Gasteiger partial charge in [-0.1, -0.05) is 36.4 Å². The van der Waals surface area contributed by atoms with Crippen LogP contribution in [-0.4, -0.2) is 7.05 Å². The van der Waals surface area contributed by atoms with Crippen LogP contribution in [0.15, 0.2) is 42.5 Å². The van der Waals surface area contributed by atoms with E-state index in [2.05, 4.69) is 24.4 Å². The first-order valence-corrected chi connectivity index (χ1v) is 6.16. The summed E-state index contributed by atoms with van der Waals surface area (Å²) < 4.78 is 13.5. The van der Waals surface area contributed by atoms with Crippen molar-refractivity contribution < 1.29 is 4.39 Å². The number of nitrogens with one attached hydrogen (secondary N) is 1. The predicted molar refractivity (Wildman–Crippen MR) is 74.0 cm³/mol. The average Bonchev–Trinajstić information content (AvgIpc) is 2.41. The summed E-state index contributed by atoms with van der Waals surface area (Å²) in [5.74, 6) is -0.153. The first kappa shape index (κ1) is 12.8. The monoisotopic (exact) mass is 243 g/mol. The molecule has 0 aliphatic heterocycles. The maximum Gasteiger partial charge on any atom is 0.126 e. The molecule has 0 spiro atoms. The molecule has 0 saturated carbocycles. The van der Waals surface area contributed by atoms with Crippen LogP contribution in [0.1, 0.15) is 24.1 Å². The van der Waals surface area contributed by atoms with Gasteiger partial charge in [-0.3, -0.25) is 0 Å². The van der Waals surface area contributed by atoms with Gasteiger partial charge in [0.05, 0.1) is 0 Å². The molecule has 0 aliphatic rings. The second-order valence-corrected chi connectivity index (χ2v) is 4.54. The summed E-state index contributed by atoms with van der Waals surface area (Å²) in [7, 11) is 1.94. The molecule has 2 aromatic carbocycles. The summed E-state index contributed by atoms with van der Waals surface area (Å²) in [5, 5.41) is 3.20. The van der Waals surface area contributed by atoms with E-state index in [-0.39, 0.29) is 5.82 Å². The summed E-state index contributed by atoms with van der Waals surface area (Å²) in [4.78, 5) is 0. The van der Waals surface area contributed by atoms with Gasteiger partial charge in [-0.15, -0.1) is 0 Å². The largest absolute Gasteiger partial charge is 0.313 e. The van der Waals surface area contributed by atoms with Crippen molar-refractivity contribution in [1.29, 1.82) is 0 Å². The number of hydrogen-bond donors (Lipinski definition) is 1. The lowest BCUT2D eigenvalue weighted by atomic mass is 9.98. The molecule has 2 rings (SSSR count). The third-order valence-corrected chi connectivity index (χ3v) is 3.42. The molecule has 0 fully saturated rings. The average molecular weight is 243 g/mol. The van der Waals surface area contributed by atoms with Gasteiger partial charge >= 0.3 is 0 Å². The second kappa shape index (κ2) is 5.32. The molecule has 0 amide bonds. The molecule has 0 heterocycles. The topological polar surface area (TPSA) is 12.0 Å². The Labute approximate surface area is 108 Å². The summed E-state index contributed by atoms with van der Waals surface area (Å²) in [6, 6.07) is 13.8. The fourth-order valence-corrected chi connectivity index (χ4v) is 2.04. The van der Waals surface area contributed by atoms with E-state index in [1.807, 2.05) is 32.2 Å². The lowest BCUT2D eigenvalue weighted by molar-refractivity contribution is 0.619. The van der Waals surface area contributed by atoms with E-state index < -0.39 is 0 Å². The summed E-state index contributed by atoms with van der Waals surface area (Å²) in [5.41, 5.74) is 3.94. The van der Waals surface area contributed by atoms with Crippen molar-refractivity contribution in [3.8, 4) is 11.1 Å². The molecule has 0 aliphatic carbocycles. The zero-order valence-electron chi connectivity index (χ0n) is 11.0. The van der Waals surface area contributed by atoms with Crippen molar-refractivity contribution in [3.63, 3.8) is 0 Å². The molecular weight excluding hydrogens is 225 g/mol. The summed E-state index contributed by atoms with van der Waals surface area (Å²) >= 11 is 0. The van der Waals surface area contributed by atoms with Crippen LogP contribution in [0.3, 0.4) is 0 Å². The van der Waals surface area contributed by atoms with E-state index in [0.29, 0.717) is 11.6 Å². The Morgan fingerprint density at radius 2 is 1.72 bits per heavy atom. The van der Waals surface area contributed by atoms with Crippen molar-refractivity contribution in [2.45, 2.75) is 19.9 Å². The minimum absolute atomic E-state index is 0.153. The fraction of sp³-hybridized carbons (Fsp3) is 0.250. The lowest BCUT2D eigenvalue weighted by Crippen LogP contribution is -2.11. The molecule has 1 atom stereocenters. The summed E-state index contributed by atoms with van der Waals surface area (Å²) in [6.07, 6.45) is 0. The van der Waals surface area contributed by atoms with Gasteiger partial charge in [0, 0.05) is 6.04 Å². The summed E-state index contributed by atoms with van der Waals surface area (Å²) in [6.45, 7) is 3.93. The van der Waals surface area contributed by atoms with E-state index in [9.17, 15) is 4.39 Å². The van der Waals surface area contributed by atoms with Crippen LogP contribution in [0.4, 0.5) is 4.39 Å². The van der Waals surface area contributed by atoms with E-state index in [1.165, 1.54) is 11.6 Å². The minimum Gasteiger partial charge on any atom is -0.313 e. The molecule has 2 aromatic rings. The third-order valence-electron chi connectivity index (χ3n) is 3.42. The molecule has 1 unspecified atom stereocenters. The van der Waals surface area contributed by atoms with Crippen molar-refractivity contribution in [2.75, 3.05) is 7.05 Å². The first-order valence-electron chi connectivity index (χ1n) is 6.16. The SMILES string of the molecule is CNC(C)c1ccc(-c2cccc(F)c2C)cc1. The Morgan fingerprint density at radius 3 is 2.33 bits per heavy atom. The van der Waals surface area contributed by atoms with Gasteiger partial charge in [-0.2, -0.15) is 0 Å². The van der Waals surface area contributed by atoms with Gasteiger partial charge in [-0.25, -0.2) is 4.39 Å². The molecule has 0 radical (unpaired) electrons. The quantitative estimate of drug-likeness (QED) is 0.856. The van der Waals surface area contributed by atoms with Crippen molar-refractivity contribution in [1.82, 2.24) is 5.32 Å². The maximum atomic E-state index is 13.5. The zero-order chi connectivity index (χ0) is 13.1. The standard InChI is InChI=1S/C16H18FN/c1-11-15(5-4-6-16(11)17)14-9-7-13(8-10-14)12(2)18-3/h4-10,12,18H,1-3H3. The van der Waals surface area contributed by atoms with Crippen LogP contribution in [0.2, 0.25) is 0 Å². The van der Waals surface area contributed by atoms with Crippen LogP contribution in [0.25, 0.3) is 11.1 Å². The van der Waals surface area contributed by atoms with Gasteiger partial charge in [0.15, 0.2) is 0 Å². The third kappa shape index (κ3) is 2.44. The Morgan fingerprint density at radius 1 is 1.06 bits per heavy atom. The van der Waals surface area contributed by atoms with Crippen molar-refractivity contribution >= 4 is 0 Å². The van der Waals surface area contributed by atoms with Crippen molar-refractivity contribution in [2.24, 2.45) is 0 Å². The zero-order valence-corrected chi connectivity index (χ0v) is 11.0. The lowest BCUT2D eigenvalue weighted by Gasteiger charge is -2.12. The van der Waals surface area contributed by atoms with E-state index in [0.717, 1.165) is 11.1 Å². The van der Waals surface area contributed by atoms with E-state index >= 15 is 0 Å². The van der Waals surface area contributed by atoms with Gasteiger partial charge in [0.2, 0.25) is 0 Å². The number of hydrogen-bond acceptors (Lipinski definition) is 1. The predicted octanol–water partition coefficient (Wildman–Crippen LogP) is 4.08. The van der Waals surface area contributed by atoms with Crippen molar-refractivity contribution in [3.05, 3.63) is 59.4 Å². The number of rotatable bonds is 3. The normalized spacial score (nSPS) is 12.4. The smallest absolute Gasteiger partial charge is 0.126 e. The maximum absolute atomic E-state index is 13.5. The van der Waals surface area contributed by atoms with E-state index in [4.69, 9.17) is 0 Å². The van der Waals surface area contributed by atoms with Crippen LogP contribution in [0, 0.1) is 12.7 Å². The molecule has 2 heteroatoms. The highest BCUT2D eigenvalue weighted by molar-refractivity contribution is 5.67. The van der Waals surface area contributed by atoms with Crippen LogP contribution >= 0.6 is 0 Å². The van der Waals surface area contributed by atoms with E-state index in [1.54, 1.807) is 6.07 Å². The Balaban J connectivity index is 2.37. The van der Waals surface area contributed by atoms with Gasteiger partial charge in [-0.05, 0) is 49.2 Å². The Bertz CT molecular complexity index is 531. The first-order chi connectivity index (χ1) is 8.63. The number of benzene rings is 2. The molecule has 0 bridgehead atoms. The van der Waals surface area contributed by atoms with Crippen LogP contribution < -0.4 is 5.32 Å². The minimum atomic E-state index is -0.153. The van der Waals surface area contributed by atoms with Gasteiger partial charge in [0.25, 0.3) is 0 Å². The Kier molecular flexibility index (Phi) is 3.78. The van der Waals surface area contributed by atoms with Gasteiger partial charge < -0.3 is 5.32 Å². The van der Waals surface area contributed by atoms with Crippen LogP contribution in [0.5, 0.6) is 0 Å². The molecule has 0 aromatic heterocycles. The molecule has 94 valence electrons. The Hall–Kier alpha value is -1.67.